The van der Waals surface area contributed by atoms with Crippen LogP contribution in [0.3, 0.4) is 0 Å². The number of carbonyl (C=O) groups is 1. The van der Waals surface area contributed by atoms with Gasteiger partial charge in [-0.25, -0.2) is 22.9 Å². The fourth-order valence-electron chi connectivity index (χ4n) is 4.61. The van der Waals surface area contributed by atoms with Crippen molar-refractivity contribution in [1.29, 1.82) is 0 Å². The van der Waals surface area contributed by atoms with Gasteiger partial charge in [0.15, 0.2) is 5.03 Å². The summed E-state index contributed by atoms with van der Waals surface area (Å²) < 4.78 is 72.5. The normalized spacial score (nSPS) is 15.7. The molecule has 9 nitrogen and oxygen atoms in total. The van der Waals surface area contributed by atoms with E-state index in [1.165, 1.54) is 24.4 Å². The van der Waals surface area contributed by atoms with Gasteiger partial charge in [-0.05, 0) is 42.7 Å². The minimum absolute atomic E-state index is 0.0661. The summed E-state index contributed by atoms with van der Waals surface area (Å²) in [5.74, 6) is 0. The number of aromatic nitrogens is 1. The van der Waals surface area contributed by atoms with Gasteiger partial charge in [0.2, 0.25) is 0 Å². The molecule has 238 valence electrons. The lowest BCUT2D eigenvalue weighted by Gasteiger charge is -2.34. The SMILES string of the molecule is CCCC[C@@H](CCNS(=O)(=O)c1ccccn1)NC(=O)O[C@H](CN1C=C(c2ccc(C(F)(F)F)cc2)N(C)C1)C(C)(C)C. The van der Waals surface area contributed by atoms with Gasteiger partial charge in [0.1, 0.15) is 6.10 Å². The van der Waals surface area contributed by atoms with Crippen molar-refractivity contribution >= 4 is 21.8 Å². The van der Waals surface area contributed by atoms with Gasteiger partial charge in [0.05, 0.1) is 24.5 Å². The molecule has 13 heteroatoms. The van der Waals surface area contributed by atoms with Crippen LogP contribution in [0, 0.1) is 5.41 Å². The Hall–Kier alpha value is -3.32. The number of rotatable bonds is 13. The van der Waals surface area contributed by atoms with Gasteiger partial charge in [0.25, 0.3) is 10.0 Å². The zero-order chi connectivity index (χ0) is 31.8. The van der Waals surface area contributed by atoms with Gasteiger partial charge >= 0.3 is 12.3 Å². The first-order chi connectivity index (χ1) is 20.1. The number of hydrogen-bond donors (Lipinski definition) is 2. The van der Waals surface area contributed by atoms with Crippen molar-refractivity contribution < 1.29 is 31.1 Å². The zero-order valence-electron chi connectivity index (χ0n) is 25.3. The standard InChI is InChI=1S/C30H42F3N5O4S/c1-6-7-10-24(16-18-35-43(40,41)27-11-8-9-17-34-27)36-28(39)42-26(29(2,3)4)20-38-19-25(37(5)21-38)22-12-14-23(15-13-22)30(31,32)33/h8-9,11-15,17,19,24,26,35H,6-7,10,16,18,20-21H2,1-5H3,(H,36,39)/t24-,26+/m0/s1. The summed E-state index contributed by atoms with van der Waals surface area (Å²) in [7, 11) is -1.91. The van der Waals surface area contributed by atoms with Crippen molar-refractivity contribution in [3.8, 4) is 0 Å². The molecule has 3 rings (SSSR count). The third kappa shape index (κ3) is 10.1. The van der Waals surface area contributed by atoms with E-state index in [4.69, 9.17) is 4.74 Å². The number of amides is 1. The van der Waals surface area contributed by atoms with Crippen molar-refractivity contribution in [2.45, 2.75) is 76.7 Å². The number of benzene rings is 1. The summed E-state index contributed by atoms with van der Waals surface area (Å²) in [4.78, 5) is 20.9. The number of alkyl halides is 3. The van der Waals surface area contributed by atoms with E-state index in [1.54, 1.807) is 12.1 Å². The molecule has 2 atom stereocenters. The molecule has 0 bridgehead atoms. The van der Waals surface area contributed by atoms with Crippen molar-refractivity contribution in [2.24, 2.45) is 5.41 Å². The number of nitrogens with zero attached hydrogens (tertiary/aromatic N) is 3. The van der Waals surface area contributed by atoms with E-state index in [9.17, 15) is 26.4 Å². The minimum atomic E-state index is -4.40. The first kappa shape index (κ1) is 34.2. The maximum absolute atomic E-state index is 13.1. The largest absolute Gasteiger partial charge is 0.444 e. The average Bonchev–Trinajstić information content (AvgIpc) is 3.30. The number of ether oxygens (including phenoxy) is 1. The van der Waals surface area contributed by atoms with Gasteiger partial charge in [-0.15, -0.1) is 0 Å². The first-order valence-electron chi connectivity index (χ1n) is 14.3. The molecule has 0 radical (unpaired) electrons. The number of hydrogen-bond acceptors (Lipinski definition) is 7. The van der Waals surface area contributed by atoms with E-state index < -0.39 is 39.4 Å². The second-order valence-electron chi connectivity index (χ2n) is 11.8. The van der Waals surface area contributed by atoms with Crippen molar-refractivity contribution in [3.05, 3.63) is 66.0 Å². The second-order valence-corrected chi connectivity index (χ2v) is 13.5. The quantitative estimate of drug-likeness (QED) is 0.296. The van der Waals surface area contributed by atoms with Gasteiger partial charge in [-0.2, -0.15) is 13.2 Å². The number of sulfonamides is 1. The maximum Gasteiger partial charge on any atom is 0.416 e. The van der Waals surface area contributed by atoms with Crippen molar-refractivity contribution in [2.75, 3.05) is 26.8 Å². The third-order valence-corrected chi connectivity index (χ3v) is 8.54. The molecule has 1 aromatic carbocycles. The number of pyridine rings is 1. The highest BCUT2D eigenvalue weighted by Crippen LogP contribution is 2.32. The van der Waals surface area contributed by atoms with Crippen LogP contribution in [-0.4, -0.2) is 68.2 Å². The van der Waals surface area contributed by atoms with Crippen LogP contribution < -0.4 is 10.0 Å². The van der Waals surface area contributed by atoms with Crippen LogP contribution in [0.4, 0.5) is 18.0 Å². The summed E-state index contributed by atoms with van der Waals surface area (Å²) in [6.07, 6.45) is 0.554. The summed E-state index contributed by atoms with van der Waals surface area (Å²) in [5, 5.41) is 2.85. The van der Waals surface area contributed by atoms with Crippen LogP contribution in [0.5, 0.6) is 0 Å². The molecule has 0 aliphatic carbocycles. The molecule has 0 fully saturated rings. The Bertz CT molecular complexity index is 1330. The van der Waals surface area contributed by atoms with E-state index in [-0.39, 0.29) is 17.6 Å². The Morgan fingerprint density at radius 3 is 2.37 bits per heavy atom. The van der Waals surface area contributed by atoms with E-state index in [2.05, 4.69) is 15.0 Å². The Kier molecular flexibility index (Phi) is 11.5. The number of alkyl carbamates (subject to hydrolysis) is 1. The number of nitrogens with one attached hydrogen (secondary N) is 2. The highest BCUT2D eigenvalue weighted by Gasteiger charge is 2.33. The van der Waals surface area contributed by atoms with E-state index in [0.717, 1.165) is 30.7 Å². The molecule has 2 heterocycles. The molecule has 1 aromatic heterocycles. The predicted molar refractivity (Wildman–Crippen MR) is 159 cm³/mol. The van der Waals surface area contributed by atoms with Gasteiger partial charge in [0, 0.05) is 37.4 Å². The highest BCUT2D eigenvalue weighted by molar-refractivity contribution is 7.89. The summed E-state index contributed by atoms with van der Waals surface area (Å²) >= 11 is 0. The smallest absolute Gasteiger partial charge is 0.416 e. The Morgan fingerprint density at radius 2 is 1.79 bits per heavy atom. The van der Waals surface area contributed by atoms with Crippen LogP contribution in [0.15, 0.2) is 59.9 Å². The van der Waals surface area contributed by atoms with Crippen LogP contribution >= 0.6 is 0 Å². The molecule has 0 spiro atoms. The molecule has 2 aromatic rings. The Balaban J connectivity index is 1.62. The molecule has 1 aliphatic heterocycles. The van der Waals surface area contributed by atoms with Crippen LogP contribution in [0.25, 0.3) is 5.70 Å². The predicted octanol–water partition coefficient (Wildman–Crippen LogP) is 5.67. The summed E-state index contributed by atoms with van der Waals surface area (Å²) in [6, 6.07) is 9.38. The second kappa shape index (κ2) is 14.4. The molecule has 0 unspecified atom stereocenters. The lowest BCUT2D eigenvalue weighted by molar-refractivity contribution is -0.137. The molecule has 0 saturated carbocycles. The van der Waals surface area contributed by atoms with Crippen molar-refractivity contribution in [3.63, 3.8) is 0 Å². The fourth-order valence-corrected chi connectivity index (χ4v) is 5.61. The lowest BCUT2D eigenvalue weighted by Crippen LogP contribution is -2.45. The monoisotopic (exact) mass is 625 g/mol. The Labute approximate surface area is 252 Å². The molecule has 1 aliphatic rings. The summed E-state index contributed by atoms with van der Waals surface area (Å²) in [6.45, 7) is 8.89. The van der Waals surface area contributed by atoms with Crippen LogP contribution in [0.1, 0.15) is 64.5 Å². The fraction of sp³-hybridized carbons (Fsp3) is 0.533. The lowest BCUT2D eigenvalue weighted by atomic mass is 9.88. The minimum Gasteiger partial charge on any atom is -0.444 e. The van der Waals surface area contributed by atoms with Gasteiger partial charge in [-0.1, -0.05) is 58.7 Å². The molecule has 43 heavy (non-hydrogen) atoms. The van der Waals surface area contributed by atoms with Gasteiger partial charge in [-0.3, -0.25) is 0 Å². The van der Waals surface area contributed by atoms with E-state index in [0.29, 0.717) is 31.6 Å². The maximum atomic E-state index is 13.1. The number of carbonyl (C=O) groups excluding carboxylic acids is 1. The first-order valence-corrected chi connectivity index (χ1v) is 15.8. The summed E-state index contributed by atoms with van der Waals surface area (Å²) in [5.41, 5.74) is 0.294. The molecule has 1 amide bonds. The molecular weight excluding hydrogens is 583 g/mol. The number of halogens is 3. The molecule has 0 saturated heterocycles. The van der Waals surface area contributed by atoms with Crippen molar-refractivity contribution in [1.82, 2.24) is 24.8 Å². The van der Waals surface area contributed by atoms with Gasteiger partial charge < -0.3 is 19.9 Å². The zero-order valence-corrected chi connectivity index (χ0v) is 26.1. The third-order valence-electron chi connectivity index (χ3n) is 7.16. The Morgan fingerprint density at radius 1 is 1.09 bits per heavy atom. The van der Waals surface area contributed by atoms with E-state index >= 15 is 0 Å². The van der Waals surface area contributed by atoms with Crippen LogP contribution in [0.2, 0.25) is 0 Å². The molecular formula is C30H42F3N5O4S. The highest BCUT2D eigenvalue weighted by atomic mass is 32.2. The topological polar surface area (TPSA) is 104 Å². The van der Waals surface area contributed by atoms with E-state index in [1.807, 2.05) is 50.7 Å². The average molecular weight is 626 g/mol. The van der Waals surface area contributed by atoms with Crippen LogP contribution in [-0.2, 0) is 20.9 Å². The molecule has 2 N–H and O–H groups in total. The number of unbranched alkanes of at least 4 members (excludes halogenated alkanes) is 1.